The van der Waals surface area contributed by atoms with Gasteiger partial charge in [0, 0.05) is 36.7 Å². The van der Waals surface area contributed by atoms with Gasteiger partial charge in [-0.05, 0) is 36.8 Å². The molecule has 0 amide bonds. The maximum Gasteiger partial charge on any atom is 0.322 e. The summed E-state index contributed by atoms with van der Waals surface area (Å²) in [4.78, 5) is 29.7. The second-order valence-corrected chi connectivity index (χ2v) is 10.5. The van der Waals surface area contributed by atoms with Crippen LogP contribution in [0.1, 0.15) is 31.7 Å². The third-order valence-electron chi connectivity index (χ3n) is 9.13. The molecule has 7 rings (SSSR count). The molecule has 5 fully saturated rings. The summed E-state index contributed by atoms with van der Waals surface area (Å²) < 4.78 is 12.2. The average Bonchev–Trinajstić information content (AvgIpc) is 3.21. The van der Waals surface area contributed by atoms with E-state index in [1.165, 1.54) is 11.3 Å². The Balaban J connectivity index is 0.00000228. The fourth-order valence-corrected chi connectivity index (χ4v) is 8.61. The zero-order valence-corrected chi connectivity index (χ0v) is 21.0. The molecular formula is C24H29Cl3N2O4. The summed E-state index contributed by atoms with van der Waals surface area (Å²) in [5.74, 6) is -0.263. The topological polar surface area (TPSA) is 59.1 Å². The van der Waals surface area contributed by atoms with Crippen molar-refractivity contribution in [3.8, 4) is 0 Å². The molecule has 180 valence electrons. The minimum absolute atomic E-state index is 0. The predicted molar refractivity (Wildman–Crippen MR) is 128 cm³/mol. The number of esters is 2. The third kappa shape index (κ3) is 2.84. The van der Waals surface area contributed by atoms with Crippen LogP contribution in [0, 0.1) is 17.8 Å². The van der Waals surface area contributed by atoms with Gasteiger partial charge in [0.15, 0.2) is 6.23 Å². The van der Waals surface area contributed by atoms with Gasteiger partial charge in [-0.1, -0.05) is 25.1 Å². The lowest BCUT2D eigenvalue weighted by molar-refractivity contribution is -0.228. The van der Waals surface area contributed by atoms with Gasteiger partial charge < -0.3 is 14.4 Å². The van der Waals surface area contributed by atoms with Crippen molar-refractivity contribution >= 4 is 53.2 Å². The molecule has 1 saturated carbocycles. The van der Waals surface area contributed by atoms with E-state index >= 15 is 0 Å². The number of piperidine rings is 4. The highest BCUT2D eigenvalue weighted by Crippen LogP contribution is 2.70. The van der Waals surface area contributed by atoms with Crippen molar-refractivity contribution in [3.63, 3.8) is 0 Å². The highest BCUT2D eigenvalue weighted by molar-refractivity contribution is 6.26. The quantitative estimate of drug-likeness (QED) is 0.442. The largest absolute Gasteiger partial charge is 0.460 e. The summed E-state index contributed by atoms with van der Waals surface area (Å²) in [5, 5.41) is 0. The molecule has 6 aliphatic rings. The first-order valence-electron chi connectivity index (χ1n) is 11.6. The van der Waals surface area contributed by atoms with E-state index in [2.05, 4.69) is 48.0 Å². The molecular weight excluding hydrogens is 487 g/mol. The van der Waals surface area contributed by atoms with Crippen LogP contribution in [-0.4, -0.2) is 66.1 Å². The van der Waals surface area contributed by atoms with E-state index < -0.39 is 0 Å². The Bertz CT molecular complexity index is 979. The number of carbonyl (C=O) groups excluding carboxylic acids is 2. The number of anilines is 1. The standard InChI is InChI=1S/C24H28Cl2N2O4.ClH/c1-3-12-13-8-16-21-24(14-6-4-5-7-15(14)27(21)2)9-17(20(13)22(24)31-18(29)10-25)28(16)23(12)32-19(30)11-26;/h4-7,12-13,16-17,20-23H,3,8-11H2,1-2H3;1H/t12-,13?,16-,17-,20?,21-,22?,23+,24?;/m0./s1. The predicted octanol–water partition coefficient (Wildman–Crippen LogP) is 3.56. The van der Waals surface area contributed by atoms with Crippen molar-refractivity contribution in [2.24, 2.45) is 17.8 Å². The molecule has 1 spiro atoms. The van der Waals surface area contributed by atoms with Gasteiger partial charge in [0.05, 0.1) is 11.5 Å². The molecule has 1 aromatic rings. The number of para-hydroxylation sites is 1. The van der Waals surface area contributed by atoms with Crippen LogP contribution in [-0.2, 0) is 24.5 Å². The number of fused-ring (bicyclic) bond motifs is 2. The average molecular weight is 516 g/mol. The third-order valence-corrected chi connectivity index (χ3v) is 9.56. The lowest BCUT2D eigenvalue weighted by Gasteiger charge is -2.62. The lowest BCUT2D eigenvalue weighted by atomic mass is 9.62. The van der Waals surface area contributed by atoms with Crippen LogP contribution >= 0.6 is 35.6 Å². The zero-order chi connectivity index (χ0) is 22.4. The number of nitrogens with zero attached hydrogens (tertiary/aromatic N) is 2. The van der Waals surface area contributed by atoms with Gasteiger partial charge >= 0.3 is 11.9 Å². The minimum atomic E-state index is -0.365. The number of carbonyl (C=O) groups is 2. The maximum atomic E-state index is 12.6. The van der Waals surface area contributed by atoms with Crippen molar-refractivity contribution in [1.82, 2.24) is 4.90 Å². The SMILES string of the molecule is CC[C@H]1C2C[C@H]3[C@@H]4N(C)c5ccccc5C45C[C@@H](C2C5OC(=O)CCl)N3[C@@H]1OC(=O)CCl.Cl. The van der Waals surface area contributed by atoms with Crippen molar-refractivity contribution in [2.75, 3.05) is 23.7 Å². The smallest absolute Gasteiger partial charge is 0.322 e. The molecule has 0 aromatic heterocycles. The van der Waals surface area contributed by atoms with Crippen molar-refractivity contribution < 1.29 is 19.1 Å². The Labute approximate surface area is 210 Å². The number of hydrogen-bond donors (Lipinski definition) is 0. The van der Waals surface area contributed by atoms with Crippen molar-refractivity contribution in [2.45, 2.75) is 62.1 Å². The van der Waals surface area contributed by atoms with Crippen molar-refractivity contribution in [1.29, 1.82) is 0 Å². The molecule has 4 saturated heterocycles. The van der Waals surface area contributed by atoms with Crippen LogP contribution in [0.2, 0.25) is 0 Å². The number of benzene rings is 1. The van der Waals surface area contributed by atoms with E-state index in [1.807, 2.05) is 0 Å². The van der Waals surface area contributed by atoms with E-state index in [1.54, 1.807) is 0 Å². The Kier molecular flexibility index (Phi) is 5.83. The van der Waals surface area contributed by atoms with Crippen LogP contribution in [0.4, 0.5) is 5.69 Å². The molecule has 10 atom stereocenters. The molecule has 9 heteroatoms. The highest BCUT2D eigenvalue weighted by Gasteiger charge is 2.78. The molecule has 1 aromatic carbocycles. The fourth-order valence-electron chi connectivity index (χ4n) is 8.48. The van der Waals surface area contributed by atoms with Gasteiger partial charge in [-0.25, -0.2) is 0 Å². The lowest BCUT2D eigenvalue weighted by Crippen LogP contribution is -2.73. The van der Waals surface area contributed by atoms with Gasteiger partial charge in [-0.2, -0.15) is 0 Å². The summed E-state index contributed by atoms with van der Waals surface area (Å²) >= 11 is 11.7. The molecule has 5 unspecified atom stereocenters. The van der Waals surface area contributed by atoms with Gasteiger partial charge in [-0.3, -0.25) is 14.5 Å². The number of alkyl halides is 2. The molecule has 5 bridgehead atoms. The van der Waals surface area contributed by atoms with Crippen LogP contribution in [0.5, 0.6) is 0 Å². The number of rotatable bonds is 5. The summed E-state index contributed by atoms with van der Waals surface area (Å²) in [6, 6.07) is 9.11. The normalized spacial score (nSPS) is 43.0. The Morgan fingerprint density at radius 1 is 1.12 bits per heavy atom. The van der Waals surface area contributed by atoms with Gasteiger partial charge in [-0.15, -0.1) is 35.6 Å². The summed E-state index contributed by atoms with van der Waals surface area (Å²) in [6.07, 6.45) is 2.32. The fraction of sp³-hybridized carbons (Fsp3) is 0.667. The second kappa shape index (κ2) is 8.18. The first kappa shape index (κ1) is 23.5. The molecule has 33 heavy (non-hydrogen) atoms. The van der Waals surface area contributed by atoms with Crippen LogP contribution in [0.15, 0.2) is 24.3 Å². The van der Waals surface area contributed by atoms with Gasteiger partial charge in [0.25, 0.3) is 0 Å². The number of hydrogen-bond acceptors (Lipinski definition) is 6. The number of halogens is 3. The number of ether oxygens (including phenoxy) is 2. The second-order valence-electron chi connectivity index (χ2n) is 10.0. The monoisotopic (exact) mass is 514 g/mol. The summed E-state index contributed by atoms with van der Waals surface area (Å²) in [5.41, 5.74) is 2.22. The first-order chi connectivity index (χ1) is 15.5. The Hall–Kier alpha value is -1.21. The number of likely N-dealkylation sites (N-methyl/N-ethyl adjacent to an activating group) is 1. The Morgan fingerprint density at radius 3 is 2.52 bits per heavy atom. The Morgan fingerprint density at radius 2 is 1.82 bits per heavy atom. The molecule has 5 heterocycles. The zero-order valence-electron chi connectivity index (χ0n) is 18.7. The summed E-state index contributed by atoms with van der Waals surface area (Å²) in [6.45, 7) is 2.16. The van der Waals surface area contributed by atoms with Crippen LogP contribution in [0.25, 0.3) is 0 Å². The van der Waals surface area contributed by atoms with Crippen LogP contribution < -0.4 is 4.90 Å². The molecule has 5 aliphatic heterocycles. The first-order valence-corrected chi connectivity index (χ1v) is 12.7. The van der Waals surface area contributed by atoms with Gasteiger partial charge in [0.1, 0.15) is 17.9 Å². The summed E-state index contributed by atoms with van der Waals surface area (Å²) in [7, 11) is 2.15. The molecule has 0 N–H and O–H groups in total. The maximum absolute atomic E-state index is 12.6. The van der Waals surface area contributed by atoms with E-state index in [0.29, 0.717) is 5.92 Å². The van der Waals surface area contributed by atoms with Gasteiger partial charge in [0.2, 0.25) is 0 Å². The van der Waals surface area contributed by atoms with E-state index in [4.69, 9.17) is 32.7 Å². The van der Waals surface area contributed by atoms with E-state index in [9.17, 15) is 9.59 Å². The van der Waals surface area contributed by atoms with Crippen molar-refractivity contribution in [3.05, 3.63) is 29.8 Å². The molecule has 0 radical (unpaired) electrons. The highest BCUT2D eigenvalue weighted by atomic mass is 35.5. The molecule has 1 aliphatic carbocycles. The van der Waals surface area contributed by atoms with E-state index in [0.717, 1.165) is 19.3 Å². The molecule has 6 nitrogen and oxygen atoms in total. The van der Waals surface area contributed by atoms with Crippen LogP contribution in [0.3, 0.4) is 0 Å². The van der Waals surface area contributed by atoms with E-state index in [-0.39, 0.29) is 83.8 Å². The minimum Gasteiger partial charge on any atom is -0.460 e.